The maximum atomic E-state index is 5.61. The number of aryl methyl sites for hydroxylation is 1. The molecule has 0 radical (unpaired) electrons. The first-order chi connectivity index (χ1) is 11.4. The van der Waals surface area contributed by atoms with Gasteiger partial charge in [-0.3, -0.25) is 0 Å². The molecular formula is C19H26N2O3. The van der Waals surface area contributed by atoms with Gasteiger partial charge in [-0.25, -0.2) is 0 Å². The first kappa shape index (κ1) is 17.0. The molecule has 1 aromatic heterocycles. The molecule has 0 N–H and O–H groups in total. The monoisotopic (exact) mass is 330 g/mol. The molecule has 2 heterocycles. The van der Waals surface area contributed by atoms with Crippen molar-refractivity contribution in [1.29, 1.82) is 0 Å². The number of hydrogen-bond acceptors (Lipinski definition) is 5. The molecule has 0 amide bonds. The van der Waals surface area contributed by atoms with Gasteiger partial charge in [-0.1, -0.05) is 32.0 Å². The zero-order valence-corrected chi connectivity index (χ0v) is 15.2. The molecule has 0 unspecified atom stereocenters. The molecule has 0 saturated carbocycles. The molecule has 2 aromatic rings. The van der Waals surface area contributed by atoms with Crippen LogP contribution >= 0.6 is 0 Å². The second-order valence-corrected chi connectivity index (χ2v) is 7.46. The lowest BCUT2D eigenvalue weighted by molar-refractivity contribution is 0.0830. The van der Waals surface area contributed by atoms with Crippen LogP contribution in [0, 0.1) is 6.92 Å². The van der Waals surface area contributed by atoms with E-state index in [1.54, 1.807) is 7.11 Å². The fraction of sp³-hybridized carbons (Fsp3) is 0.579. The molecule has 1 aromatic carbocycles. The van der Waals surface area contributed by atoms with Crippen LogP contribution in [0.1, 0.15) is 56.5 Å². The van der Waals surface area contributed by atoms with Crippen LogP contribution in [0.15, 0.2) is 16.7 Å². The van der Waals surface area contributed by atoms with Gasteiger partial charge in [-0.2, -0.15) is 4.98 Å². The van der Waals surface area contributed by atoms with Crippen molar-refractivity contribution in [3.8, 4) is 17.2 Å². The van der Waals surface area contributed by atoms with Crippen molar-refractivity contribution in [2.45, 2.75) is 51.9 Å². The first-order valence-electron chi connectivity index (χ1n) is 8.51. The Labute approximate surface area is 143 Å². The van der Waals surface area contributed by atoms with Gasteiger partial charge in [0, 0.05) is 24.7 Å². The molecule has 0 aliphatic carbocycles. The van der Waals surface area contributed by atoms with Gasteiger partial charge in [0.25, 0.3) is 5.89 Å². The maximum absolute atomic E-state index is 5.61. The number of hydrogen-bond donors (Lipinski definition) is 0. The van der Waals surface area contributed by atoms with Crippen molar-refractivity contribution in [2.24, 2.45) is 0 Å². The van der Waals surface area contributed by atoms with Crippen LogP contribution in [0.5, 0.6) is 5.75 Å². The van der Waals surface area contributed by atoms with Crippen LogP contribution < -0.4 is 4.74 Å². The molecule has 1 aliphatic rings. The second kappa shape index (κ2) is 6.55. The second-order valence-electron chi connectivity index (χ2n) is 7.46. The summed E-state index contributed by atoms with van der Waals surface area (Å²) >= 11 is 0. The van der Waals surface area contributed by atoms with E-state index in [-0.39, 0.29) is 5.41 Å². The van der Waals surface area contributed by atoms with E-state index in [1.165, 1.54) is 5.56 Å². The maximum Gasteiger partial charge on any atom is 0.258 e. The molecule has 0 atom stereocenters. The number of ether oxygens (including phenoxy) is 2. The lowest BCUT2D eigenvalue weighted by Gasteiger charge is -2.23. The van der Waals surface area contributed by atoms with Gasteiger partial charge >= 0.3 is 0 Å². The summed E-state index contributed by atoms with van der Waals surface area (Å²) in [5, 5.41) is 4.20. The van der Waals surface area contributed by atoms with E-state index in [1.807, 2.05) is 6.07 Å². The zero-order valence-electron chi connectivity index (χ0n) is 15.2. The average Bonchev–Trinajstić information content (AvgIpc) is 3.04. The minimum absolute atomic E-state index is 0.0106. The number of methoxy groups -OCH3 is 1. The summed E-state index contributed by atoms with van der Waals surface area (Å²) in [4.78, 5) is 4.64. The van der Waals surface area contributed by atoms with E-state index in [2.05, 4.69) is 43.9 Å². The molecule has 24 heavy (non-hydrogen) atoms. The largest absolute Gasteiger partial charge is 0.496 e. The minimum Gasteiger partial charge on any atom is -0.496 e. The molecule has 1 aliphatic heterocycles. The number of benzene rings is 1. The fourth-order valence-corrected chi connectivity index (χ4v) is 3.14. The Morgan fingerprint density at radius 2 is 1.88 bits per heavy atom. The summed E-state index contributed by atoms with van der Waals surface area (Å²) in [6.45, 7) is 10.1. The van der Waals surface area contributed by atoms with E-state index in [0.29, 0.717) is 11.8 Å². The highest BCUT2D eigenvalue weighted by atomic mass is 16.5. The fourth-order valence-electron chi connectivity index (χ4n) is 3.14. The zero-order chi connectivity index (χ0) is 17.3. The summed E-state index contributed by atoms with van der Waals surface area (Å²) in [7, 11) is 1.70. The topological polar surface area (TPSA) is 57.4 Å². The SMILES string of the molecule is COc1cc(-c2nc(C3CCOCC3)no2)c(C)cc1C(C)(C)C. The minimum atomic E-state index is 0.0106. The molecule has 0 bridgehead atoms. The van der Waals surface area contributed by atoms with Gasteiger partial charge in [-0.05, 0) is 42.4 Å². The molecular weight excluding hydrogens is 304 g/mol. The quantitative estimate of drug-likeness (QED) is 0.842. The molecule has 1 fully saturated rings. The highest BCUT2D eigenvalue weighted by Crippen LogP contribution is 2.37. The van der Waals surface area contributed by atoms with E-state index >= 15 is 0 Å². The summed E-state index contributed by atoms with van der Waals surface area (Å²) < 4.78 is 16.6. The summed E-state index contributed by atoms with van der Waals surface area (Å²) in [6, 6.07) is 4.17. The molecule has 5 heteroatoms. The Hall–Kier alpha value is -1.88. The van der Waals surface area contributed by atoms with Crippen molar-refractivity contribution in [3.63, 3.8) is 0 Å². The third-order valence-corrected chi connectivity index (χ3v) is 4.61. The summed E-state index contributed by atoms with van der Waals surface area (Å²) in [6.07, 6.45) is 1.90. The van der Waals surface area contributed by atoms with E-state index in [4.69, 9.17) is 14.0 Å². The average molecular weight is 330 g/mol. The predicted molar refractivity (Wildman–Crippen MR) is 92.5 cm³/mol. The third kappa shape index (κ3) is 3.31. The molecule has 130 valence electrons. The van der Waals surface area contributed by atoms with Gasteiger partial charge in [0.2, 0.25) is 0 Å². The first-order valence-corrected chi connectivity index (χ1v) is 8.51. The molecule has 5 nitrogen and oxygen atoms in total. The predicted octanol–water partition coefficient (Wildman–Crippen LogP) is 4.25. The Kier molecular flexibility index (Phi) is 4.63. The van der Waals surface area contributed by atoms with Gasteiger partial charge in [0.05, 0.1) is 7.11 Å². The van der Waals surface area contributed by atoms with Crippen LogP contribution in [-0.2, 0) is 10.2 Å². The van der Waals surface area contributed by atoms with Crippen molar-refractivity contribution in [2.75, 3.05) is 20.3 Å². The van der Waals surface area contributed by atoms with E-state index in [0.717, 1.165) is 48.8 Å². The van der Waals surface area contributed by atoms with Crippen LogP contribution in [-0.4, -0.2) is 30.5 Å². The van der Waals surface area contributed by atoms with Crippen LogP contribution in [0.3, 0.4) is 0 Å². The number of nitrogens with zero attached hydrogens (tertiary/aromatic N) is 2. The molecule has 0 spiro atoms. The van der Waals surface area contributed by atoms with Crippen molar-refractivity contribution in [1.82, 2.24) is 10.1 Å². The van der Waals surface area contributed by atoms with Crippen LogP contribution in [0.25, 0.3) is 11.5 Å². The van der Waals surface area contributed by atoms with E-state index < -0.39 is 0 Å². The standard InChI is InChI=1S/C19H26N2O3/c1-12-10-15(19(2,3)4)16(22-5)11-14(12)18-20-17(21-24-18)13-6-8-23-9-7-13/h10-11,13H,6-9H2,1-5H3. The number of aromatic nitrogens is 2. The van der Waals surface area contributed by atoms with Gasteiger partial charge in [0.1, 0.15) is 5.75 Å². The Bertz CT molecular complexity index is 710. The van der Waals surface area contributed by atoms with E-state index in [9.17, 15) is 0 Å². The summed E-state index contributed by atoms with van der Waals surface area (Å²) in [5.74, 6) is 2.53. The molecule has 3 rings (SSSR count). The van der Waals surface area contributed by atoms with Crippen molar-refractivity contribution in [3.05, 3.63) is 29.1 Å². The lowest BCUT2D eigenvalue weighted by Crippen LogP contribution is -2.15. The highest BCUT2D eigenvalue weighted by Gasteiger charge is 2.25. The Morgan fingerprint density at radius 3 is 2.50 bits per heavy atom. The Morgan fingerprint density at radius 1 is 1.17 bits per heavy atom. The lowest BCUT2D eigenvalue weighted by atomic mass is 9.84. The Balaban J connectivity index is 1.96. The smallest absolute Gasteiger partial charge is 0.258 e. The molecule has 1 saturated heterocycles. The summed E-state index contributed by atoms with van der Waals surface area (Å²) in [5.41, 5.74) is 3.24. The van der Waals surface area contributed by atoms with Crippen LogP contribution in [0.2, 0.25) is 0 Å². The number of rotatable bonds is 3. The van der Waals surface area contributed by atoms with Crippen molar-refractivity contribution < 1.29 is 14.0 Å². The van der Waals surface area contributed by atoms with Crippen molar-refractivity contribution >= 4 is 0 Å². The normalized spacial score (nSPS) is 16.4. The van der Waals surface area contributed by atoms with Gasteiger partial charge in [0.15, 0.2) is 5.82 Å². The van der Waals surface area contributed by atoms with Gasteiger partial charge in [-0.15, -0.1) is 0 Å². The third-order valence-electron chi connectivity index (χ3n) is 4.61. The van der Waals surface area contributed by atoms with Crippen LogP contribution in [0.4, 0.5) is 0 Å². The highest BCUT2D eigenvalue weighted by molar-refractivity contribution is 5.63. The van der Waals surface area contributed by atoms with Gasteiger partial charge < -0.3 is 14.0 Å².